The smallest absolute Gasteiger partial charge is 0.233 e. The van der Waals surface area contributed by atoms with E-state index in [4.69, 9.17) is 0 Å². The third kappa shape index (κ3) is 11.5. The van der Waals surface area contributed by atoms with E-state index in [1.165, 1.54) is 44.9 Å². The largest absolute Gasteiger partial charge is 0.355 e. The number of unbranched alkanes of at least 4 members (excludes halogenated alkanes) is 6. The van der Waals surface area contributed by atoms with E-state index in [0.29, 0.717) is 6.54 Å². The molecule has 0 heterocycles. The number of amides is 1. The number of carbonyl (C=O) groups is 1. The first-order chi connectivity index (χ1) is 7.81. The van der Waals surface area contributed by atoms with Crippen molar-refractivity contribution in [3.05, 3.63) is 0 Å². The van der Waals surface area contributed by atoms with Gasteiger partial charge < -0.3 is 10.6 Å². The Kier molecular flexibility index (Phi) is 12.1. The molecule has 3 heteroatoms. The maximum atomic E-state index is 11.1. The predicted octanol–water partition coefficient (Wildman–Crippen LogP) is 2.46. The molecular weight excluding hydrogens is 200 g/mol. The second-order valence-electron chi connectivity index (χ2n) is 4.25. The van der Waals surface area contributed by atoms with Gasteiger partial charge in [0, 0.05) is 6.54 Å². The molecule has 0 rings (SSSR count). The van der Waals surface area contributed by atoms with Crippen molar-refractivity contribution in [1.29, 1.82) is 0 Å². The number of rotatable bonds is 11. The quantitative estimate of drug-likeness (QED) is 0.533. The van der Waals surface area contributed by atoms with E-state index >= 15 is 0 Å². The summed E-state index contributed by atoms with van der Waals surface area (Å²) in [5.41, 5.74) is 0. The van der Waals surface area contributed by atoms with E-state index in [2.05, 4.69) is 17.6 Å². The van der Waals surface area contributed by atoms with Gasteiger partial charge in [0.25, 0.3) is 0 Å². The van der Waals surface area contributed by atoms with E-state index in [9.17, 15) is 4.79 Å². The van der Waals surface area contributed by atoms with Crippen LogP contribution in [0.4, 0.5) is 0 Å². The van der Waals surface area contributed by atoms with Crippen molar-refractivity contribution in [1.82, 2.24) is 10.6 Å². The number of hydrogen-bond acceptors (Lipinski definition) is 2. The minimum Gasteiger partial charge on any atom is -0.355 e. The van der Waals surface area contributed by atoms with Gasteiger partial charge in [0.1, 0.15) is 0 Å². The van der Waals surface area contributed by atoms with Gasteiger partial charge in [-0.1, -0.05) is 45.4 Å². The fraction of sp³-hybridized carbons (Fsp3) is 0.923. The molecule has 0 unspecified atom stereocenters. The average Bonchev–Trinajstić information content (AvgIpc) is 2.27. The zero-order valence-corrected chi connectivity index (χ0v) is 11.0. The normalized spacial score (nSPS) is 10.4. The van der Waals surface area contributed by atoms with Crippen molar-refractivity contribution in [3.8, 4) is 0 Å². The molecule has 3 nitrogen and oxygen atoms in total. The van der Waals surface area contributed by atoms with Crippen LogP contribution in [0.5, 0.6) is 0 Å². The van der Waals surface area contributed by atoms with Crippen LogP contribution < -0.4 is 10.6 Å². The molecule has 16 heavy (non-hydrogen) atoms. The Balaban J connectivity index is 3.01. The van der Waals surface area contributed by atoms with Crippen molar-refractivity contribution >= 4 is 5.91 Å². The molecule has 0 bridgehead atoms. The molecule has 1 amide bonds. The minimum atomic E-state index is 0.102. The summed E-state index contributed by atoms with van der Waals surface area (Å²) in [6, 6.07) is 0. The number of likely N-dealkylation sites (N-methyl/N-ethyl adjacent to an activating group) is 1. The van der Waals surface area contributed by atoms with Crippen LogP contribution >= 0.6 is 0 Å². The highest BCUT2D eigenvalue weighted by atomic mass is 16.1. The van der Waals surface area contributed by atoms with Crippen LogP contribution in [0.1, 0.15) is 58.8 Å². The molecular formula is C13H28N2O. The van der Waals surface area contributed by atoms with E-state index in [0.717, 1.165) is 13.1 Å². The summed E-state index contributed by atoms with van der Waals surface area (Å²) in [5, 5.41) is 5.93. The Morgan fingerprint density at radius 1 is 0.938 bits per heavy atom. The van der Waals surface area contributed by atoms with Crippen LogP contribution in [0.15, 0.2) is 0 Å². The molecule has 0 spiro atoms. The van der Waals surface area contributed by atoms with Gasteiger partial charge in [-0.05, 0) is 19.9 Å². The van der Waals surface area contributed by atoms with Gasteiger partial charge in [0.05, 0.1) is 6.54 Å². The number of nitrogens with one attached hydrogen (secondary N) is 2. The summed E-state index contributed by atoms with van der Waals surface area (Å²) in [6.45, 7) is 6.33. The maximum Gasteiger partial charge on any atom is 0.233 e. The third-order valence-corrected chi connectivity index (χ3v) is 2.62. The van der Waals surface area contributed by atoms with Gasteiger partial charge >= 0.3 is 0 Å². The molecule has 0 atom stereocenters. The van der Waals surface area contributed by atoms with Crippen molar-refractivity contribution < 1.29 is 4.79 Å². The maximum absolute atomic E-state index is 11.1. The summed E-state index contributed by atoms with van der Waals surface area (Å²) < 4.78 is 0. The van der Waals surface area contributed by atoms with Gasteiger partial charge in [-0.2, -0.15) is 0 Å². The lowest BCUT2D eigenvalue weighted by molar-refractivity contribution is -0.120. The van der Waals surface area contributed by atoms with Crippen molar-refractivity contribution in [2.75, 3.05) is 19.6 Å². The van der Waals surface area contributed by atoms with Gasteiger partial charge in [0.15, 0.2) is 0 Å². The second kappa shape index (κ2) is 12.5. The van der Waals surface area contributed by atoms with Crippen molar-refractivity contribution in [3.63, 3.8) is 0 Å². The molecule has 0 aromatic rings. The highest BCUT2D eigenvalue weighted by Gasteiger charge is 1.97. The standard InChI is InChI=1S/C13H28N2O/c1-3-5-6-7-8-9-10-11-14-12-13(16)15-4-2/h14H,3-12H2,1-2H3,(H,15,16). The third-order valence-electron chi connectivity index (χ3n) is 2.62. The Morgan fingerprint density at radius 2 is 1.56 bits per heavy atom. The molecule has 0 aromatic heterocycles. The van der Waals surface area contributed by atoms with E-state index in [-0.39, 0.29) is 5.91 Å². The summed E-state index contributed by atoms with van der Waals surface area (Å²) >= 11 is 0. The van der Waals surface area contributed by atoms with Crippen molar-refractivity contribution in [2.45, 2.75) is 58.8 Å². The predicted molar refractivity (Wildman–Crippen MR) is 69.5 cm³/mol. The van der Waals surface area contributed by atoms with Crippen LogP contribution in [0.3, 0.4) is 0 Å². The number of hydrogen-bond donors (Lipinski definition) is 2. The lowest BCUT2D eigenvalue weighted by Crippen LogP contribution is -2.33. The van der Waals surface area contributed by atoms with Crippen LogP contribution in [0.25, 0.3) is 0 Å². The topological polar surface area (TPSA) is 41.1 Å². The van der Waals surface area contributed by atoms with Crippen LogP contribution in [-0.2, 0) is 4.79 Å². The Labute approximate surface area is 100 Å². The average molecular weight is 228 g/mol. The van der Waals surface area contributed by atoms with Crippen LogP contribution in [0, 0.1) is 0 Å². The van der Waals surface area contributed by atoms with E-state index < -0.39 is 0 Å². The van der Waals surface area contributed by atoms with Gasteiger partial charge in [0.2, 0.25) is 5.91 Å². The Hall–Kier alpha value is -0.570. The Morgan fingerprint density at radius 3 is 2.19 bits per heavy atom. The zero-order valence-electron chi connectivity index (χ0n) is 11.0. The lowest BCUT2D eigenvalue weighted by Gasteiger charge is -2.04. The molecule has 0 saturated carbocycles. The van der Waals surface area contributed by atoms with E-state index in [1.54, 1.807) is 0 Å². The molecule has 0 radical (unpaired) electrons. The highest BCUT2D eigenvalue weighted by molar-refractivity contribution is 5.77. The minimum absolute atomic E-state index is 0.102. The fourth-order valence-electron chi connectivity index (χ4n) is 1.67. The highest BCUT2D eigenvalue weighted by Crippen LogP contribution is 2.05. The lowest BCUT2D eigenvalue weighted by atomic mass is 10.1. The Bertz CT molecular complexity index is 160. The molecule has 96 valence electrons. The first-order valence-corrected chi connectivity index (χ1v) is 6.78. The van der Waals surface area contributed by atoms with Gasteiger partial charge in [-0.25, -0.2) is 0 Å². The molecule has 0 aliphatic rings. The summed E-state index contributed by atoms with van der Waals surface area (Å²) in [5.74, 6) is 0.102. The molecule has 0 aliphatic heterocycles. The summed E-state index contributed by atoms with van der Waals surface area (Å²) in [7, 11) is 0. The molecule has 2 N–H and O–H groups in total. The van der Waals surface area contributed by atoms with E-state index in [1.807, 2.05) is 6.92 Å². The van der Waals surface area contributed by atoms with Crippen LogP contribution in [-0.4, -0.2) is 25.5 Å². The summed E-state index contributed by atoms with van der Waals surface area (Å²) in [6.07, 6.45) is 9.23. The van der Waals surface area contributed by atoms with Gasteiger partial charge in [-0.15, -0.1) is 0 Å². The second-order valence-corrected chi connectivity index (χ2v) is 4.25. The van der Waals surface area contributed by atoms with Gasteiger partial charge in [-0.3, -0.25) is 4.79 Å². The fourth-order valence-corrected chi connectivity index (χ4v) is 1.67. The molecule has 0 saturated heterocycles. The first-order valence-electron chi connectivity index (χ1n) is 6.78. The zero-order chi connectivity index (χ0) is 12.1. The monoisotopic (exact) mass is 228 g/mol. The first kappa shape index (κ1) is 15.4. The molecule has 0 aliphatic carbocycles. The SMILES string of the molecule is CCCCCCCCCNCC(=O)NCC. The van der Waals surface area contributed by atoms with Crippen molar-refractivity contribution in [2.24, 2.45) is 0 Å². The number of carbonyl (C=O) groups excluding carboxylic acids is 1. The molecule has 0 fully saturated rings. The summed E-state index contributed by atoms with van der Waals surface area (Å²) in [4.78, 5) is 11.1. The molecule has 0 aromatic carbocycles. The van der Waals surface area contributed by atoms with Crippen LogP contribution in [0.2, 0.25) is 0 Å².